The second-order valence-electron chi connectivity index (χ2n) is 2.84. The van der Waals surface area contributed by atoms with Crippen LogP contribution in [0.5, 0.6) is 0 Å². The molecule has 4 heteroatoms. The van der Waals surface area contributed by atoms with E-state index in [9.17, 15) is 4.79 Å². The van der Waals surface area contributed by atoms with Crippen molar-refractivity contribution in [2.45, 2.75) is 6.92 Å². The fourth-order valence-corrected chi connectivity index (χ4v) is 1.84. The van der Waals surface area contributed by atoms with E-state index in [0.29, 0.717) is 5.69 Å². The highest BCUT2D eigenvalue weighted by molar-refractivity contribution is 7.12. The topological polar surface area (TPSA) is 46.3 Å². The van der Waals surface area contributed by atoms with Gasteiger partial charge in [0.05, 0.1) is 4.88 Å². The standard InChI is InChI=1S/C8H12N2OS/c1-5-6(9)4-12-7(5)8(11)10(2)3/h4H,9H2,1-3H3. The van der Waals surface area contributed by atoms with Crippen molar-refractivity contribution in [3.05, 3.63) is 15.8 Å². The van der Waals surface area contributed by atoms with Gasteiger partial charge < -0.3 is 10.6 Å². The number of hydrogen-bond acceptors (Lipinski definition) is 3. The molecule has 0 saturated heterocycles. The lowest BCUT2D eigenvalue weighted by atomic mass is 10.2. The van der Waals surface area contributed by atoms with Gasteiger partial charge in [-0.05, 0) is 12.5 Å². The Morgan fingerprint density at radius 1 is 1.58 bits per heavy atom. The molecule has 0 spiro atoms. The predicted molar refractivity (Wildman–Crippen MR) is 51.5 cm³/mol. The van der Waals surface area contributed by atoms with Gasteiger partial charge in [0.2, 0.25) is 0 Å². The summed E-state index contributed by atoms with van der Waals surface area (Å²) in [7, 11) is 3.47. The minimum atomic E-state index is 0.0224. The summed E-state index contributed by atoms with van der Waals surface area (Å²) in [5, 5.41) is 1.80. The Morgan fingerprint density at radius 2 is 2.17 bits per heavy atom. The van der Waals surface area contributed by atoms with Gasteiger partial charge in [0.15, 0.2) is 0 Å². The summed E-state index contributed by atoms with van der Waals surface area (Å²) in [6.45, 7) is 1.86. The Bertz CT molecular complexity index is 304. The van der Waals surface area contributed by atoms with Gasteiger partial charge in [-0.1, -0.05) is 0 Å². The molecular weight excluding hydrogens is 172 g/mol. The Labute approximate surface area is 75.8 Å². The van der Waals surface area contributed by atoms with Gasteiger partial charge in [0.1, 0.15) is 0 Å². The lowest BCUT2D eigenvalue weighted by Crippen LogP contribution is -2.21. The molecule has 0 fully saturated rings. The first-order valence-corrected chi connectivity index (χ1v) is 4.47. The number of nitrogens with two attached hydrogens (primary N) is 1. The lowest BCUT2D eigenvalue weighted by molar-refractivity contribution is 0.0831. The molecule has 0 radical (unpaired) electrons. The first-order valence-electron chi connectivity index (χ1n) is 3.59. The van der Waals surface area contributed by atoms with Crippen molar-refractivity contribution in [3.8, 4) is 0 Å². The van der Waals surface area contributed by atoms with Crippen LogP contribution < -0.4 is 5.73 Å². The quantitative estimate of drug-likeness (QED) is 0.716. The molecule has 0 aromatic carbocycles. The molecule has 0 saturated carbocycles. The number of rotatable bonds is 1. The van der Waals surface area contributed by atoms with Crippen LogP contribution in [0.3, 0.4) is 0 Å². The molecule has 0 bridgehead atoms. The highest BCUT2D eigenvalue weighted by atomic mass is 32.1. The number of anilines is 1. The fourth-order valence-electron chi connectivity index (χ4n) is 0.844. The van der Waals surface area contributed by atoms with Gasteiger partial charge in [-0.25, -0.2) is 0 Å². The highest BCUT2D eigenvalue weighted by Gasteiger charge is 2.14. The van der Waals surface area contributed by atoms with Crippen LogP contribution in [0.4, 0.5) is 5.69 Å². The molecule has 1 aromatic rings. The van der Waals surface area contributed by atoms with Crippen molar-refractivity contribution in [1.82, 2.24) is 4.90 Å². The summed E-state index contributed by atoms with van der Waals surface area (Å²) in [5.74, 6) is 0.0224. The van der Waals surface area contributed by atoms with Crippen molar-refractivity contribution in [2.75, 3.05) is 19.8 Å². The van der Waals surface area contributed by atoms with E-state index in [1.54, 1.807) is 24.4 Å². The summed E-state index contributed by atoms with van der Waals surface area (Å²) in [5.41, 5.74) is 7.21. The molecular formula is C8H12N2OS. The van der Waals surface area contributed by atoms with Crippen molar-refractivity contribution in [1.29, 1.82) is 0 Å². The molecule has 0 aliphatic heterocycles. The third kappa shape index (κ3) is 1.43. The minimum absolute atomic E-state index is 0.0224. The zero-order chi connectivity index (χ0) is 9.30. The largest absolute Gasteiger partial charge is 0.398 e. The molecule has 66 valence electrons. The maximum absolute atomic E-state index is 11.5. The lowest BCUT2D eigenvalue weighted by Gasteiger charge is -2.08. The second-order valence-corrected chi connectivity index (χ2v) is 3.72. The second kappa shape index (κ2) is 3.15. The summed E-state index contributed by atoms with van der Waals surface area (Å²) >= 11 is 1.40. The Morgan fingerprint density at radius 3 is 2.50 bits per heavy atom. The minimum Gasteiger partial charge on any atom is -0.398 e. The van der Waals surface area contributed by atoms with E-state index < -0.39 is 0 Å². The Kier molecular flexibility index (Phi) is 2.38. The molecule has 1 aromatic heterocycles. The molecule has 0 aliphatic rings. The van der Waals surface area contributed by atoms with Crippen LogP contribution in [0.1, 0.15) is 15.2 Å². The molecule has 1 heterocycles. The first kappa shape index (κ1) is 9.06. The first-order chi connectivity index (χ1) is 5.54. The highest BCUT2D eigenvalue weighted by Crippen LogP contribution is 2.24. The summed E-state index contributed by atoms with van der Waals surface area (Å²) < 4.78 is 0. The number of carbonyl (C=O) groups excluding carboxylic acids is 1. The van der Waals surface area contributed by atoms with E-state index in [1.807, 2.05) is 6.92 Å². The number of hydrogen-bond donors (Lipinski definition) is 1. The zero-order valence-corrected chi connectivity index (χ0v) is 8.23. The van der Waals surface area contributed by atoms with E-state index >= 15 is 0 Å². The molecule has 0 aliphatic carbocycles. The third-order valence-corrected chi connectivity index (χ3v) is 2.77. The van der Waals surface area contributed by atoms with Crippen LogP contribution in [0.15, 0.2) is 5.38 Å². The van der Waals surface area contributed by atoms with E-state index in [2.05, 4.69) is 0 Å². The smallest absolute Gasteiger partial charge is 0.263 e. The molecule has 3 nitrogen and oxygen atoms in total. The monoisotopic (exact) mass is 184 g/mol. The van der Waals surface area contributed by atoms with Crippen molar-refractivity contribution in [2.24, 2.45) is 0 Å². The van der Waals surface area contributed by atoms with Gasteiger partial charge in [0.25, 0.3) is 5.91 Å². The van der Waals surface area contributed by atoms with Crippen LogP contribution in [0.25, 0.3) is 0 Å². The van der Waals surface area contributed by atoms with Gasteiger partial charge >= 0.3 is 0 Å². The van der Waals surface area contributed by atoms with Crippen LogP contribution in [-0.2, 0) is 0 Å². The molecule has 0 unspecified atom stereocenters. The summed E-state index contributed by atoms with van der Waals surface area (Å²) in [6, 6.07) is 0. The van der Waals surface area contributed by atoms with Gasteiger partial charge in [-0.2, -0.15) is 0 Å². The number of nitrogen functional groups attached to an aromatic ring is 1. The van der Waals surface area contributed by atoms with E-state index in [-0.39, 0.29) is 5.91 Å². The summed E-state index contributed by atoms with van der Waals surface area (Å²) in [4.78, 5) is 13.7. The van der Waals surface area contributed by atoms with Gasteiger partial charge in [-0.3, -0.25) is 4.79 Å². The zero-order valence-electron chi connectivity index (χ0n) is 7.42. The average molecular weight is 184 g/mol. The number of amides is 1. The van der Waals surface area contributed by atoms with E-state index in [4.69, 9.17) is 5.73 Å². The third-order valence-electron chi connectivity index (χ3n) is 1.68. The number of thiophene rings is 1. The Balaban J connectivity index is 3.04. The SMILES string of the molecule is Cc1c(N)csc1C(=O)N(C)C. The molecule has 1 amide bonds. The van der Waals surface area contributed by atoms with Gasteiger partial charge in [0, 0.05) is 25.2 Å². The van der Waals surface area contributed by atoms with Crippen LogP contribution in [0.2, 0.25) is 0 Å². The fraction of sp³-hybridized carbons (Fsp3) is 0.375. The Hall–Kier alpha value is -1.03. The number of carbonyl (C=O) groups is 1. The maximum Gasteiger partial charge on any atom is 0.263 e. The normalized spacial score (nSPS) is 9.92. The molecule has 0 atom stereocenters. The van der Waals surface area contributed by atoms with Gasteiger partial charge in [-0.15, -0.1) is 11.3 Å². The van der Waals surface area contributed by atoms with Crippen LogP contribution >= 0.6 is 11.3 Å². The number of nitrogens with zero attached hydrogens (tertiary/aromatic N) is 1. The van der Waals surface area contributed by atoms with Crippen LogP contribution in [0, 0.1) is 6.92 Å². The average Bonchev–Trinajstić information content (AvgIpc) is 2.32. The van der Waals surface area contributed by atoms with Crippen molar-refractivity contribution < 1.29 is 4.79 Å². The van der Waals surface area contributed by atoms with Crippen LogP contribution in [-0.4, -0.2) is 24.9 Å². The molecule has 2 N–H and O–H groups in total. The van der Waals surface area contributed by atoms with Crippen molar-refractivity contribution >= 4 is 22.9 Å². The molecule has 1 rings (SSSR count). The van der Waals surface area contributed by atoms with Crippen molar-refractivity contribution in [3.63, 3.8) is 0 Å². The summed E-state index contributed by atoms with van der Waals surface area (Å²) in [6.07, 6.45) is 0. The maximum atomic E-state index is 11.5. The molecule has 12 heavy (non-hydrogen) atoms. The van der Waals surface area contributed by atoms with E-state index in [1.165, 1.54) is 11.3 Å². The van der Waals surface area contributed by atoms with E-state index in [0.717, 1.165) is 10.4 Å². The predicted octanol–water partition coefficient (Wildman–Crippen LogP) is 1.34.